The van der Waals surface area contributed by atoms with Crippen molar-refractivity contribution in [3.05, 3.63) is 0 Å². The lowest BCUT2D eigenvalue weighted by Crippen LogP contribution is -2.49. The molecule has 28 heavy (non-hydrogen) atoms. The van der Waals surface area contributed by atoms with Gasteiger partial charge < -0.3 is 19.3 Å². The number of carbonyl (C=O) groups excluding carboxylic acids is 2. The normalized spacial score (nSPS) is 26.8. The largest absolute Gasteiger partial charge is 0.458 e. The maximum atomic E-state index is 12.8. The van der Waals surface area contributed by atoms with Gasteiger partial charge in [0.25, 0.3) is 0 Å². The standard InChI is InChI=1S/C21H39NO6/c1-14(2)11-12-16-9-8-10-17(19(24)27-15(3)18(16)23)22(13-26-7)20(25)28-21(4,5)6/h14-18,23H,8-13H2,1-7H3/t15-,16+,17?,18-/m0/s1. The van der Waals surface area contributed by atoms with Crippen molar-refractivity contribution in [3.63, 3.8) is 0 Å². The van der Waals surface area contributed by atoms with E-state index in [1.807, 2.05) is 0 Å². The van der Waals surface area contributed by atoms with Crippen molar-refractivity contribution in [1.82, 2.24) is 4.90 Å². The van der Waals surface area contributed by atoms with Crippen molar-refractivity contribution in [1.29, 1.82) is 0 Å². The van der Waals surface area contributed by atoms with E-state index in [9.17, 15) is 14.7 Å². The number of esters is 1. The molecule has 0 bridgehead atoms. The molecule has 1 saturated heterocycles. The van der Waals surface area contributed by atoms with Crippen LogP contribution in [0.25, 0.3) is 0 Å². The molecule has 1 fully saturated rings. The van der Waals surface area contributed by atoms with Crippen molar-refractivity contribution in [2.45, 2.75) is 97.5 Å². The second-order valence-electron chi connectivity index (χ2n) is 9.18. The van der Waals surface area contributed by atoms with Gasteiger partial charge in [0, 0.05) is 7.11 Å². The first kappa shape index (κ1) is 24.7. The molecule has 0 aromatic heterocycles. The van der Waals surface area contributed by atoms with Gasteiger partial charge in [0.2, 0.25) is 0 Å². The molecule has 1 aliphatic heterocycles. The third-order valence-electron chi connectivity index (χ3n) is 4.98. The number of rotatable bonds is 6. The smallest absolute Gasteiger partial charge is 0.412 e. The van der Waals surface area contributed by atoms with Gasteiger partial charge in [-0.1, -0.05) is 26.7 Å². The molecule has 1 N–H and O–H groups in total. The lowest BCUT2D eigenvalue weighted by Gasteiger charge is -2.32. The first-order valence-corrected chi connectivity index (χ1v) is 10.3. The third-order valence-corrected chi connectivity index (χ3v) is 4.98. The minimum atomic E-state index is -0.798. The van der Waals surface area contributed by atoms with Crippen LogP contribution in [0, 0.1) is 11.8 Å². The highest BCUT2D eigenvalue weighted by molar-refractivity contribution is 5.81. The predicted octanol–water partition coefficient (Wildman–Crippen LogP) is 3.72. The molecule has 7 nitrogen and oxygen atoms in total. The predicted molar refractivity (Wildman–Crippen MR) is 107 cm³/mol. The molecule has 1 heterocycles. The summed E-state index contributed by atoms with van der Waals surface area (Å²) in [4.78, 5) is 26.7. The summed E-state index contributed by atoms with van der Waals surface area (Å²) in [5.41, 5.74) is -0.684. The summed E-state index contributed by atoms with van der Waals surface area (Å²) in [7, 11) is 1.46. The summed E-state index contributed by atoms with van der Waals surface area (Å²) in [6.45, 7) is 11.3. The highest BCUT2D eigenvalue weighted by Gasteiger charge is 2.38. The summed E-state index contributed by atoms with van der Waals surface area (Å²) < 4.78 is 16.1. The number of amides is 1. The molecule has 1 unspecified atom stereocenters. The van der Waals surface area contributed by atoms with E-state index in [1.54, 1.807) is 27.7 Å². The maximum Gasteiger partial charge on any atom is 0.412 e. The van der Waals surface area contributed by atoms with Gasteiger partial charge in [-0.2, -0.15) is 0 Å². The van der Waals surface area contributed by atoms with Gasteiger partial charge in [-0.15, -0.1) is 0 Å². The van der Waals surface area contributed by atoms with Crippen molar-refractivity contribution in [3.8, 4) is 0 Å². The van der Waals surface area contributed by atoms with Gasteiger partial charge in [-0.05, 0) is 58.8 Å². The molecular weight excluding hydrogens is 362 g/mol. The third kappa shape index (κ3) is 7.95. The Bertz CT molecular complexity index is 502. The van der Waals surface area contributed by atoms with Gasteiger partial charge in [-0.3, -0.25) is 4.90 Å². The minimum Gasteiger partial charge on any atom is -0.458 e. The fourth-order valence-corrected chi connectivity index (χ4v) is 3.45. The second kappa shape index (κ2) is 11.0. The van der Waals surface area contributed by atoms with Crippen molar-refractivity contribution in [2.75, 3.05) is 13.8 Å². The Hall–Kier alpha value is -1.34. The van der Waals surface area contributed by atoms with Crippen LogP contribution in [0.3, 0.4) is 0 Å². The summed E-state index contributed by atoms with van der Waals surface area (Å²) in [6, 6.07) is -0.798. The Labute approximate surface area is 169 Å². The fraction of sp³-hybridized carbons (Fsp3) is 0.905. The fourth-order valence-electron chi connectivity index (χ4n) is 3.45. The molecule has 1 amide bonds. The van der Waals surface area contributed by atoms with E-state index in [1.165, 1.54) is 12.0 Å². The van der Waals surface area contributed by atoms with Crippen LogP contribution >= 0.6 is 0 Å². The Morgan fingerprint density at radius 2 is 1.96 bits per heavy atom. The Morgan fingerprint density at radius 3 is 2.50 bits per heavy atom. The van der Waals surface area contributed by atoms with Crippen LogP contribution in [-0.4, -0.2) is 59.8 Å². The number of hydrogen-bond donors (Lipinski definition) is 1. The highest BCUT2D eigenvalue weighted by atomic mass is 16.6. The van der Waals surface area contributed by atoms with Gasteiger partial charge in [0.05, 0.1) is 6.10 Å². The topological polar surface area (TPSA) is 85.3 Å². The van der Waals surface area contributed by atoms with Gasteiger partial charge in [-0.25, -0.2) is 9.59 Å². The van der Waals surface area contributed by atoms with Crippen LogP contribution in [0.4, 0.5) is 4.79 Å². The number of cyclic esters (lactones) is 1. The van der Waals surface area contributed by atoms with E-state index >= 15 is 0 Å². The Balaban J connectivity index is 2.97. The molecule has 4 atom stereocenters. The number of hydrogen-bond acceptors (Lipinski definition) is 6. The van der Waals surface area contributed by atoms with Crippen LogP contribution < -0.4 is 0 Å². The monoisotopic (exact) mass is 401 g/mol. The molecule has 164 valence electrons. The average molecular weight is 402 g/mol. The number of methoxy groups -OCH3 is 1. The summed E-state index contributed by atoms with van der Waals surface area (Å²) in [5.74, 6) is 0.0927. The molecule has 7 heteroatoms. The summed E-state index contributed by atoms with van der Waals surface area (Å²) in [6.07, 6.45) is 1.88. The number of ether oxygens (including phenoxy) is 3. The zero-order valence-corrected chi connectivity index (χ0v) is 18.6. The lowest BCUT2D eigenvalue weighted by molar-refractivity contribution is -0.163. The molecule has 0 saturated carbocycles. The molecule has 1 aliphatic rings. The number of aliphatic hydroxyl groups excluding tert-OH is 1. The minimum absolute atomic E-state index is 0.0671. The van der Waals surface area contributed by atoms with Crippen LogP contribution in [0.5, 0.6) is 0 Å². The molecule has 0 aromatic carbocycles. The zero-order valence-electron chi connectivity index (χ0n) is 18.6. The Morgan fingerprint density at radius 1 is 1.32 bits per heavy atom. The number of aliphatic hydroxyl groups is 1. The molecule has 0 aromatic rings. The van der Waals surface area contributed by atoms with Crippen LogP contribution in [0.2, 0.25) is 0 Å². The second-order valence-corrected chi connectivity index (χ2v) is 9.18. The van der Waals surface area contributed by atoms with E-state index < -0.39 is 35.9 Å². The summed E-state index contributed by atoms with van der Waals surface area (Å²) >= 11 is 0. The van der Waals surface area contributed by atoms with Gasteiger partial charge in [0.15, 0.2) is 0 Å². The summed E-state index contributed by atoms with van der Waals surface area (Å²) in [5, 5.41) is 10.7. The van der Waals surface area contributed by atoms with E-state index in [0.29, 0.717) is 18.8 Å². The quantitative estimate of drug-likeness (QED) is 0.539. The van der Waals surface area contributed by atoms with E-state index in [2.05, 4.69) is 13.8 Å². The van der Waals surface area contributed by atoms with Crippen molar-refractivity contribution < 1.29 is 28.9 Å². The van der Waals surface area contributed by atoms with Gasteiger partial charge in [0.1, 0.15) is 24.5 Å². The highest BCUT2D eigenvalue weighted by Crippen LogP contribution is 2.28. The average Bonchev–Trinajstić information content (AvgIpc) is 2.61. The zero-order chi connectivity index (χ0) is 21.5. The molecular formula is C21H39NO6. The van der Waals surface area contributed by atoms with Gasteiger partial charge >= 0.3 is 12.1 Å². The SMILES string of the molecule is COCN(C(=O)OC(C)(C)C)C1CCC[C@H](CCC(C)C)[C@@H](O)[C@H](C)OC1=O. The van der Waals surface area contributed by atoms with Crippen LogP contribution in [0.1, 0.15) is 73.6 Å². The van der Waals surface area contributed by atoms with E-state index in [0.717, 1.165) is 19.3 Å². The molecule has 1 rings (SSSR count). The number of carbonyl (C=O) groups is 2. The number of nitrogens with zero attached hydrogens (tertiary/aromatic N) is 1. The molecule has 0 radical (unpaired) electrons. The van der Waals surface area contributed by atoms with E-state index in [4.69, 9.17) is 14.2 Å². The first-order valence-electron chi connectivity index (χ1n) is 10.3. The van der Waals surface area contributed by atoms with Crippen molar-refractivity contribution in [2.24, 2.45) is 11.8 Å². The van der Waals surface area contributed by atoms with Crippen LogP contribution in [-0.2, 0) is 19.0 Å². The van der Waals surface area contributed by atoms with E-state index in [-0.39, 0.29) is 12.6 Å². The first-order chi connectivity index (χ1) is 13.0. The van der Waals surface area contributed by atoms with Crippen molar-refractivity contribution >= 4 is 12.1 Å². The molecule has 0 aliphatic carbocycles. The maximum absolute atomic E-state index is 12.8. The molecule has 0 spiro atoms. The van der Waals surface area contributed by atoms with Crippen LogP contribution in [0.15, 0.2) is 0 Å². The lowest BCUT2D eigenvalue weighted by atomic mass is 9.86. The Kier molecular flexibility index (Phi) is 9.70.